The lowest BCUT2D eigenvalue weighted by atomic mass is 10.0. The van der Waals surface area contributed by atoms with Gasteiger partial charge in [0.2, 0.25) is 0 Å². The zero-order valence-electron chi connectivity index (χ0n) is 8.22. The van der Waals surface area contributed by atoms with Gasteiger partial charge in [0.05, 0.1) is 0 Å². The maximum atomic E-state index is 3.92. The Labute approximate surface area is 80.0 Å². The van der Waals surface area contributed by atoms with E-state index in [0.29, 0.717) is 0 Å². The van der Waals surface area contributed by atoms with Crippen LogP contribution in [-0.2, 0) is 0 Å². The highest BCUT2D eigenvalue weighted by Crippen LogP contribution is 2.33. The molecule has 0 nitrogen and oxygen atoms in total. The van der Waals surface area contributed by atoms with Crippen molar-refractivity contribution in [3.8, 4) is 0 Å². The van der Waals surface area contributed by atoms with Gasteiger partial charge in [0.25, 0.3) is 0 Å². The molecule has 0 aromatic heterocycles. The Morgan fingerprint density at radius 1 is 1.31 bits per heavy atom. The molecule has 66 valence electrons. The molecule has 0 N–H and O–H groups in total. The normalized spacial score (nSPS) is 16.8. The molecule has 0 atom stereocenters. The summed E-state index contributed by atoms with van der Waals surface area (Å²) in [6, 6.07) is 0. The minimum absolute atomic E-state index is 1.07. The predicted octanol–water partition coefficient (Wildman–Crippen LogP) is 3.72. The molecule has 0 aromatic carbocycles. The Kier molecular flexibility index (Phi) is 2.89. The number of allylic oxidation sites excluding steroid dienone is 7. The number of hydrogen-bond donors (Lipinski definition) is 0. The van der Waals surface area contributed by atoms with Crippen LogP contribution in [0.5, 0.6) is 0 Å². The van der Waals surface area contributed by atoms with Gasteiger partial charge in [-0.25, -0.2) is 0 Å². The van der Waals surface area contributed by atoms with Gasteiger partial charge in [-0.15, -0.1) is 5.73 Å². The third-order valence-corrected chi connectivity index (χ3v) is 1.93. The van der Waals surface area contributed by atoms with Gasteiger partial charge in [-0.05, 0) is 23.3 Å². The van der Waals surface area contributed by atoms with Crippen molar-refractivity contribution in [1.82, 2.24) is 0 Å². The molecular weight excluding hydrogens is 156 g/mol. The van der Waals surface area contributed by atoms with Crippen molar-refractivity contribution >= 4 is 0 Å². The molecule has 0 spiro atoms. The van der Waals surface area contributed by atoms with Crippen LogP contribution in [0.2, 0.25) is 0 Å². The first-order chi connectivity index (χ1) is 6.33. The lowest BCUT2D eigenvalue weighted by molar-refractivity contribution is 1.50. The summed E-state index contributed by atoms with van der Waals surface area (Å²) in [5.41, 5.74) is 7.69. The number of fused-ring (bicyclic) bond motifs is 1. The Bertz CT molecular complexity index is 367. The molecule has 13 heavy (non-hydrogen) atoms. The highest BCUT2D eigenvalue weighted by atomic mass is 14.2. The summed E-state index contributed by atoms with van der Waals surface area (Å²) in [5.74, 6) is 0. The summed E-state index contributed by atoms with van der Waals surface area (Å²) in [7, 11) is 0. The van der Waals surface area contributed by atoms with E-state index in [1.807, 2.05) is 38.2 Å². The van der Waals surface area contributed by atoms with E-state index in [9.17, 15) is 0 Å². The van der Waals surface area contributed by atoms with Gasteiger partial charge in [-0.3, -0.25) is 0 Å². The van der Waals surface area contributed by atoms with Gasteiger partial charge in [0.1, 0.15) is 0 Å². The molecule has 0 unspecified atom stereocenters. The van der Waals surface area contributed by atoms with Crippen molar-refractivity contribution in [2.24, 2.45) is 0 Å². The molecule has 0 saturated carbocycles. The molecule has 0 radical (unpaired) electrons. The Morgan fingerprint density at radius 3 is 2.62 bits per heavy atom. The van der Waals surface area contributed by atoms with E-state index in [0.717, 1.165) is 16.7 Å². The van der Waals surface area contributed by atoms with Crippen molar-refractivity contribution in [1.29, 1.82) is 0 Å². The summed E-state index contributed by atoms with van der Waals surface area (Å²) in [6.45, 7) is 11.6. The lowest BCUT2D eigenvalue weighted by Gasteiger charge is -1.98. The maximum absolute atomic E-state index is 3.92. The number of hydrogen-bond acceptors (Lipinski definition) is 0. The van der Waals surface area contributed by atoms with Crippen LogP contribution >= 0.6 is 0 Å². The van der Waals surface area contributed by atoms with Crippen molar-refractivity contribution in [2.45, 2.75) is 13.8 Å². The summed E-state index contributed by atoms with van der Waals surface area (Å²) in [4.78, 5) is 0. The van der Waals surface area contributed by atoms with Crippen LogP contribution in [0.25, 0.3) is 0 Å². The van der Waals surface area contributed by atoms with E-state index in [1.165, 1.54) is 5.57 Å². The van der Waals surface area contributed by atoms with E-state index in [4.69, 9.17) is 0 Å². The molecule has 2 aliphatic carbocycles. The zero-order valence-corrected chi connectivity index (χ0v) is 8.22. The van der Waals surface area contributed by atoms with Crippen LogP contribution in [0.15, 0.2) is 65.5 Å². The van der Waals surface area contributed by atoms with Crippen LogP contribution in [0, 0.1) is 0 Å². The lowest BCUT2D eigenvalue weighted by Crippen LogP contribution is -1.81. The van der Waals surface area contributed by atoms with Crippen LogP contribution < -0.4 is 0 Å². The van der Waals surface area contributed by atoms with Crippen molar-refractivity contribution in [3.05, 3.63) is 65.5 Å². The number of rotatable bonds is 1. The van der Waals surface area contributed by atoms with Gasteiger partial charge < -0.3 is 0 Å². The topological polar surface area (TPSA) is 0 Å². The van der Waals surface area contributed by atoms with E-state index in [1.54, 1.807) is 0 Å². The van der Waals surface area contributed by atoms with Crippen molar-refractivity contribution < 1.29 is 0 Å². The van der Waals surface area contributed by atoms with Crippen LogP contribution in [0.4, 0.5) is 0 Å². The smallest absolute Gasteiger partial charge is 0.0249 e. The molecule has 2 aliphatic rings. The molecule has 0 saturated heterocycles. The minimum atomic E-state index is 1.07. The second kappa shape index (κ2) is 3.93. The third kappa shape index (κ3) is 1.49. The molecule has 0 bridgehead atoms. The Balaban J connectivity index is 0.000000396. The van der Waals surface area contributed by atoms with Crippen LogP contribution in [0.1, 0.15) is 13.8 Å². The molecule has 0 aromatic rings. The third-order valence-electron chi connectivity index (χ3n) is 1.93. The quantitative estimate of drug-likeness (QED) is 0.526. The zero-order chi connectivity index (χ0) is 9.84. The summed E-state index contributed by atoms with van der Waals surface area (Å²) >= 11 is 0. The van der Waals surface area contributed by atoms with E-state index in [2.05, 4.69) is 18.9 Å². The highest BCUT2D eigenvalue weighted by molar-refractivity contribution is 5.69. The SMILES string of the molecule is C=CC1=C2C(=C)C=CC2=C=C1.CC. The van der Waals surface area contributed by atoms with Gasteiger partial charge >= 0.3 is 0 Å². The van der Waals surface area contributed by atoms with Gasteiger partial charge in [-0.2, -0.15) is 0 Å². The minimum Gasteiger partial charge on any atom is -0.112 e. The first kappa shape index (κ1) is 9.57. The fourth-order valence-corrected chi connectivity index (χ4v) is 1.37. The average Bonchev–Trinajstić information content (AvgIpc) is 2.73. The van der Waals surface area contributed by atoms with E-state index in [-0.39, 0.29) is 0 Å². The van der Waals surface area contributed by atoms with Gasteiger partial charge in [-0.1, -0.05) is 39.2 Å². The second-order valence-electron chi connectivity index (χ2n) is 2.60. The standard InChI is InChI=1S/C11H8.C2H6/c1-3-9-6-7-10-5-4-8(2)11(9)10;1-2/h3-6H,1-2H2;1-2H3. The Morgan fingerprint density at radius 2 is 2.00 bits per heavy atom. The average molecular weight is 170 g/mol. The second-order valence-corrected chi connectivity index (χ2v) is 2.60. The van der Waals surface area contributed by atoms with Gasteiger partial charge in [0.15, 0.2) is 0 Å². The van der Waals surface area contributed by atoms with Crippen LogP contribution in [-0.4, -0.2) is 0 Å². The molecule has 0 amide bonds. The Hall–Kier alpha value is -1.52. The molecule has 0 aliphatic heterocycles. The molecule has 2 rings (SSSR count). The van der Waals surface area contributed by atoms with Crippen molar-refractivity contribution in [3.63, 3.8) is 0 Å². The largest absolute Gasteiger partial charge is 0.112 e. The summed E-state index contributed by atoms with van der Waals surface area (Å²) in [5, 5.41) is 0. The molecular formula is C13H14. The molecule has 0 fully saturated rings. The fraction of sp³-hybridized carbons (Fsp3) is 0.154. The van der Waals surface area contributed by atoms with Gasteiger partial charge in [0, 0.05) is 11.1 Å². The van der Waals surface area contributed by atoms with E-state index >= 15 is 0 Å². The fourth-order valence-electron chi connectivity index (χ4n) is 1.37. The van der Waals surface area contributed by atoms with Crippen LogP contribution in [0.3, 0.4) is 0 Å². The van der Waals surface area contributed by atoms with Crippen molar-refractivity contribution in [2.75, 3.05) is 0 Å². The molecule has 0 heterocycles. The first-order valence-corrected chi connectivity index (χ1v) is 4.54. The summed E-state index contributed by atoms with van der Waals surface area (Å²) < 4.78 is 0. The van der Waals surface area contributed by atoms with E-state index < -0.39 is 0 Å². The molecule has 0 heteroatoms. The summed E-state index contributed by atoms with van der Waals surface area (Å²) in [6.07, 6.45) is 7.83. The maximum Gasteiger partial charge on any atom is 0.0249 e. The monoisotopic (exact) mass is 170 g/mol. The predicted molar refractivity (Wildman–Crippen MR) is 58.4 cm³/mol. The first-order valence-electron chi connectivity index (χ1n) is 4.54. The highest BCUT2D eigenvalue weighted by Gasteiger charge is 2.16.